The Bertz CT molecular complexity index is 441. The van der Waals surface area contributed by atoms with Gasteiger partial charge < -0.3 is 16.0 Å². The fourth-order valence-corrected chi connectivity index (χ4v) is 1.63. The molecule has 5 heteroatoms. The van der Waals surface area contributed by atoms with Crippen LogP contribution in [0.25, 0.3) is 0 Å². The summed E-state index contributed by atoms with van der Waals surface area (Å²) < 4.78 is 0. The normalized spacial score (nSPS) is 11.8. The molecular formula is C14H21N3O2. The van der Waals surface area contributed by atoms with Gasteiger partial charge in [-0.3, -0.25) is 9.59 Å². The van der Waals surface area contributed by atoms with Gasteiger partial charge in [-0.25, -0.2) is 0 Å². The smallest absolute Gasteiger partial charge is 0.253 e. The summed E-state index contributed by atoms with van der Waals surface area (Å²) in [6.07, 6.45) is 1.52. The molecule has 0 fully saturated rings. The number of carbonyl (C=O) groups excluding carboxylic acids is 2. The molecule has 2 amide bonds. The van der Waals surface area contributed by atoms with Crippen molar-refractivity contribution < 1.29 is 9.59 Å². The molecule has 1 aromatic carbocycles. The van der Waals surface area contributed by atoms with Crippen LogP contribution in [0.4, 0.5) is 5.69 Å². The highest BCUT2D eigenvalue weighted by atomic mass is 16.2. The van der Waals surface area contributed by atoms with E-state index in [1.807, 2.05) is 6.92 Å². The van der Waals surface area contributed by atoms with Gasteiger partial charge in [0.2, 0.25) is 5.91 Å². The number of anilines is 1. The summed E-state index contributed by atoms with van der Waals surface area (Å²) in [6, 6.07) is 6.28. The van der Waals surface area contributed by atoms with E-state index in [1.54, 1.807) is 38.4 Å². The van der Waals surface area contributed by atoms with Gasteiger partial charge in [-0.1, -0.05) is 13.3 Å². The molecular weight excluding hydrogens is 242 g/mol. The molecule has 3 N–H and O–H groups in total. The van der Waals surface area contributed by atoms with Crippen molar-refractivity contribution in [2.45, 2.75) is 25.8 Å². The van der Waals surface area contributed by atoms with Crippen LogP contribution in [0, 0.1) is 0 Å². The standard InChI is InChI=1S/C14H21N3O2/c1-4-5-12(15)13(18)16-11-8-6-10(7-9-11)14(19)17(2)3/h6-9,12H,4-5,15H2,1-3H3,(H,16,18). The van der Waals surface area contributed by atoms with E-state index in [0.717, 1.165) is 6.42 Å². The molecule has 0 aliphatic heterocycles. The van der Waals surface area contributed by atoms with Gasteiger partial charge in [0.1, 0.15) is 0 Å². The van der Waals surface area contributed by atoms with Crippen molar-refractivity contribution in [3.8, 4) is 0 Å². The van der Waals surface area contributed by atoms with E-state index in [4.69, 9.17) is 5.73 Å². The molecule has 1 rings (SSSR count). The van der Waals surface area contributed by atoms with Crippen molar-refractivity contribution in [3.63, 3.8) is 0 Å². The minimum absolute atomic E-state index is 0.0689. The maximum atomic E-state index is 11.7. The van der Waals surface area contributed by atoms with Crippen LogP contribution in [0.15, 0.2) is 24.3 Å². The van der Waals surface area contributed by atoms with Crippen LogP contribution in [0.2, 0.25) is 0 Å². The number of nitrogens with two attached hydrogens (primary N) is 1. The maximum Gasteiger partial charge on any atom is 0.253 e. The average molecular weight is 263 g/mol. The molecule has 0 aliphatic carbocycles. The molecule has 1 unspecified atom stereocenters. The monoisotopic (exact) mass is 263 g/mol. The fraction of sp³-hybridized carbons (Fsp3) is 0.429. The summed E-state index contributed by atoms with van der Waals surface area (Å²) in [7, 11) is 3.39. The molecule has 104 valence electrons. The van der Waals surface area contributed by atoms with Gasteiger partial charge >= 0.3 is 0 Å². The van der Waals surface area contributed by atoms with Crippen LogP contribution in [0.1, 0.15) is 30.1 Å². The largest absolute Gasteiger partial charge is 0.345 e. The Kier molecular flexibility index (Phi) is 5.51. The molecule has 0 saturated heterocycles. The van der Waals surface area contributed by atoms with Gasteiger partial charge in [0.25, 0.3) is 5.91 Å². The van der Waals surface area contributed by atoms with Crippen LogP contribution in [-0.2, 0) is 4.79 Å². The summed E-state index contributed by atoms with van der Waals surface area (Å²) in [4.78, 5) is 24.9. The van der Waals surface area contributed by atoms with Gasteiger partial charge in [-0.05, 0) is 30.7 Å². The highest BCUT2D eigenvalue weighted by molar-refractivity contribution is 5.96. The Hall–Kier alpha value is -1.88. The molecule has 0 radical (unpaired) electrons. The topological polar surface area (TPSA) is 75.4 Å². The third-order valence-electron chi connectivity index (χ3n) is 2.74. The van der Waals surface area contributed by atoms with Gasteiger partial charge in [0.05, 0.1) is 6.04 Å². The first-order chi connectivity index (χ1) is 8.95. The minimum atomic E-state index is -0.493. The third kappa shape index (κ3) is 4.37. The molecule has 5 nitrogen and oxygen atoms in total. The van der Waals surface area contributed by atoms with Crippen molar-refractivity contribution >= 4 is 17.5 Å². The quantitative estimate of drug-likeness (QED) is 0.844. The zero-order valence-corrected chi connectivity index (χ0v) is 11.6. The highest BCUT2D eigenvalue weighted by Crippen LogP contribution is 2.11. The molecule has 0 saturated carbocycles. The Morgan fingerprint density at radius 3 is 2.32 bits per heavy atom. The second kappa shape index (κ2) is 6.89. The highest BCUT2D eigenvalue weighted by Gasteiger charge is 2.13. The van der Waals surface area contributed by atoms with E-state index in [2.05, 4.69) is 5.32 Å². The van der Waals surface area contributed by atoms with E-state index in [-0.39, 0.29) is 11.8 Å². The summed E-state index contributed by atoms with van der Waals surface area (Å²) in [5.41, 5.74) is 6.95. The SMILES string of the molecule is CCCC(N)C(=O)Nc1ccc(C(=O)N(C)C)cc1. The first-order valence-electron chi connectivity index (χ1n) is 6.34. The van der Waals surface area contributed by atoms with Crippen molar-refractivity contribution in [1.29, 1.82) is 0 Å². The van der Waals surface area contributed by atoms with Crippen molar-refractivity contribution in [3.05, 3.63) is 29.8 Å². The van der Waals surface area contributed by atoms with E-state index in [1.165, 1.54) is 4.90 Å². The van der Waals surface area contributed by atoms with Gasteiger partial charge in [-0.2, -0.15) is 0 Å². The summed E-state index contributed by atoms with van der Waals surface area (Å²) >= 11 is 0. The zero-order valence-electron chi connectivity index (χ0n) is 11.6. The minimum Gasteiger partial charge on any atom is -0.345 e. The summed E-state index contributed by atoms with van der Waals surface area (Å²) in [6.45, 7) is 1.98. The molecule has 1 aromatic rings. The lowest BCUT2D eigenvalue weighted by atomic mass is 10.1. The number of amides is 2. The Morgan fingerprint density at radius 1 is 1.26 bits per heavy atom. The van der Waals surface area contributed by atoms with Crippen molar-refractivity contribution in [1.82, 2.24) is 4.90 Å². The maximum absolute atomic E-state index is 11.7. The lowest BCUT2D eigenvalue weighted by Gasteiger charge is -2.13. The lowest BCUT2D eigenvalue weighted by Crippen LogP contribution is -2.35. The average Bonchev–Trinajstić information content (AvgIpc) is 2.38. The second-order valence-corrected chi connectivity index (χ2v) is 4.66. The number of carbonyl (C=O) groups is 2. The zero-order chi connectivity index (χ0) is 14.4. The summed E-state index contributed by atoms with van der Waals surface area (Å²) in [5.74, 6) is -0.269. The van der Waals surface area contributed by atoms with Crippen molar-refractivity contribution in [2.75, 3.05) is 19.4 Å². The number of nitrogens with one attached hydrogen (secondary N) is 1. The first kappa shape index (κ1) is 15.2. The molecule has 0 aromatic heterocycles. The van der Waals surface area contributed by atoms with Gasteiger partial charge in [0, 0.05) is 25.3 Å². The molecule has 1 atom stereocenters. The predicted molar refractivity (Wildman–Crippen MR) is 76.0 cm³/mol. The molecule has 0 spiro atoms. The Labute approximate surface area is 113 Å². The van der Waals surface area contributed by atoms with E-state index in [0.29, 0.717) is 17.7 Å². The van der Waals surface area contributed by atoms with Crippen LogP contribution in [-0.4, -0.2) is 36.9 Å². The van der Waals surface area contributed by atoms with Crippen LogP contribution >= 0.6 is 0 Å². The number of benzene rings is 1. The van der Waals surface area contributed by atoms with E-state index < -0.39 is 6.04 Å². The van der Waals surface area contributed by atoms with E-state index in [9.17, 15) is 9.59 Å². The first-order valence-corrected chi connectivity index (χ1v) is 6.34. The van der Waals surface area contributed by atoms with Crippen LogP contribution in [0.3, 0.4) is 0 Å². The van der Waals surface area contributed by atoms with E-state index >= 15 is 0 Å². The lowest BCUT2D eigenvalue weighted by molar-refractivity contribution is -0.117. The molecule has 0 aliphatic rings. The Morgan fingerprint density at radius 2 is 1.84 bits per heavy atom. The molecule has 0 bridgehead atoms. The predicted octanol–water partition coefficient (Wildman–Crippen LogP) is 1.45. The van der Waals surface area contributed by atoms with Crippen molar-refractivity contribution in [2.24, 2.45) is 5.73 Å². The van der Waals surface area contributed by atoms with Crippen LogP contribution in [0.5, 0.6) is 0 Å². The fourth-order valence-electron chi connectivity index (χ4n) is 1.63. The number of hydrogen-bond donors (Lipinski definition) is 2. The number of rotatable bonds is 5. The number of nitrogens with zero attached hydrogens (tertiary/aromatic N) is 1. The van der Waals surface area contributed by atoms with Crippen LogP contribution < -0.4 is 11.1 Å². The molecule has 0 heterocycles. The molecule has 19 heavy (non-hydrogen) atoms. The third-order valence-corrected chi connectivity index (χ3v) is 2.74. The van der Waals surface area contributed by atoms with Gasteiger partial charge in [0.15, 0.2) is 0 Å². The second-order valence-electron chi connectivity index (χ2n) is 4.66. The summed E-state index contributed by atoms with van der Waals surface area (Å²) in [5, 5.41) is 2.73. The Balaban J connectivity index is 2.67. The number of hydrogen-bond acceptors (Lipinski definition) is 3. The van der Waals surface area contributed by atoms with Gasteiger partial charge in [-0.15, -0.1) is 0 Å².